The number of benzene rings is 1. The van der Waals surface area contributed by atoms with Gasteiger partial charge in [-0.05, 0) is 18.1 Å². The van der Waals surface area contributed by atoms with Crippen LogP contribution in [-0.4, -0.2) is 67.4 Å². The Morgan fingerprint density at radius 2 is 1.71 bits per heavy atom. The molecule has 1 saturated heterocycles. The SMILES string of the molecule is CCCNC(=O)CNC(=O)CN1CCN(Cc2cccc(C(F)(F)F)c2)CC1. The summed E-state index contributed by atoms with van der Waals surface area (Å²) in [5, 5.41) is 5.29. The van der Waals surface area contributed by atoms with Crippen molar-refractivity contribution < 1.29 is 22.8 Å². The van der Waals surface area contributed by atoms with E-state index in [9.17, 15) is 22.8 Å². The minimum absolute atomic E-state index is 0.0334. The number of carbonyl (C=O) groups excluding carboxylic acids is 2. The van der Waals surface area contributed by atoms with E-state index in [4.69, 9.17) is 0 Å². The Labute approximate surface area is 163 Å². The van der Waals surface area contributed by atoms with E-state index in [-0.39, 0.29) is 24.9 Å². The van der Waals surface area contributed by atoms with Gasteiger partial charge in [0.2, 0.25) is 11.8 Å². The Morgan fingerprint density at radius 3 is 2.36 bits per heavy atom. The third-order valence-electron chi connectivity index (χ3n) is 4.51. The molecule has 0 spiro atoms. The Balaban J connectivity index is 1.71. The number of carbonyl (C=O) groups is 2. The zero-order chi connectivity index (χ0) is 20.6. The summed E-state index contributed by atoms with van der Waals surface area (Å²) >= 11 is 0. The van der Waals surface area contributed by atoms with Gasteiger partial charge in [0.05, 0.1) is 18.7 Å². The summed E-state index contributed by atoms with van der Waals surface area (Å²) in [6.07, 6.45) is -3.50. The van der Waals surface area contributed by atoms with E-state index in [0.717, 1.165) is 12.5 Å². The lowest BCUT2D eigenvalue weighted by atomic mass is 10.1. The summed E-state index contributed by atoms with van der Waals surface area (Å²) in [7, 11) is 0. The van der Waals surface area contributed by atoms with Crippen molar-refractivity contribution in [3.8, 4) is 0 Å². The van der Waals surface area contributed by atoms with Gasteiger partial charge in [-0.2, -0.15) is 13.2 Å². The molecule has 1 aromatic rings. The van der Waals surface area contributed by atoms with Gasteiger partial charge in [-0.1, -0.05) is 25.1 Å². The average Bonchev–Trinajstić information content (AvgIpc) is 2.66. The van der Waals surface area contributed by atoms with Crippen molar-refractivity contribution in [1.82, 2.24) is 20.4 Å². The Kier molecular flexibility index (Phi) is 8.25. The van der Waals surface area contributed by atoms with Crippen LogP contribution in [-0.2, 0) is 22.3 Å². The minimum atomic E-state index is -4.34. The van der Waals surface area contributed by atoms with Gasteiger partial charge in [0, 0.05) is 39.3 Å². The van der Waals surface area contributed by atoms with Gasteiger partial charge >= 0.3 is 6.18 Å². The topological polar surface area (TPSA) is 64.7 Å². The summed E-state index contributed by atoms with van der Waals surface area (Å²) in [6, 6.07) is 5.38. The highest BCUT2D eigenvalue weighted by Crippen LogP contribution is 2.29. The third kappa shape index (κ3) is 7.47. The molecule has 1 aliphatic rings. The highest BCUT2D eigenvalue weighted by Gasteiger charge is 2.30. The van der Waals surface area contributed by atoms with Crippen LogP contribution in [0.1, 0.15) is 24.5 Å². The monoisotopic (exact) mass is 400 g/mol. The zero-order valence-corrected chi connectivity index (χ0v) is 16.0. The van der Waals surface area contributed by atoms with Gasteiger partial charge in [-0.15, -0.1) is 0 Å². The molecule has 156 valence electrons. The highest BCUT2D eigenvalue weighted by molar-refractivity contribution is 5.85. The molecule has 0 unspecified atom stereocenters. The molecule has 0 aliphatic carbocycles. The summed E-state index contributed by atoms with van der Waals surface area (Å²) in [5.41, 5.74) is -0.0117. The fourth-order valence-electron chi connectivity index (χ4n) is 2.97. The number of hydrogen-bond donors (Lipinski definition) is 2. The van der Waals surface area contributed by atoms with Crippen molar-refractivity contribution >= 4 is 11.8 Å². The van der Waals surface area contributed by atoms with E-state index in [1.165, 1.54) is 12.1 Å². The van der Waals surface area contributed by atoms with Crippen molar-refractivity contribution in [2.45, 2.75) is 26.1 Å². The van der Waals surface area contributed by atoms with Crippen LogP contribution in [0.2, 0.25) is 0 Å². The van der Waals surface area contributed by atoms with E-state index in [1.54, 1.807) is 6.07 Å². The Bertz CT molecular complexity index is 659. The lowest BCUT2D eigenvalue weighted by molar-refractivity contribution is -0.137. The molecule has 28 heavy (non-hydrogen) atoms. The van der Waals surface area contributed by atoms with Crippen LogP contribution in [0.3, 0.4) is 0 Å². The smallest absolute Gasteiger partial charge is 0.355 e. The average molecular weight is 400 g/mol. The number of halogens is 3. The quantitative estimate of drug-likeness (QED) is 0.694. The maximum atomic E-state index is 12.8. The standard InChI is InChI=1S/C19H27F3N4O2/c1-2-6-23-17(27)12-24-18(28)14-26-9-7-25(8-10-26)13-15-4-3-5-16(11-15)19(20,21)22/h3-5,11H,2,6-10,12-14H2,1H3,(H,23,27)(H,24,28). The van der Waals surface area contributed by atoms with Gasteiger partial charge in [0.1, 0.15) is 0 Å². The number of rotatable bonds is 8. The van der Waals surface area contributed by atoms with Crippen molar-refractivity contribution in [1.29, 1.82) is 0 Å². The van der Waals surface area contributed by atoms with Crippen molar-refractivity contribution in [2.75, 3.05) is 45.8 Å². The highest BCUT2D eigenvalue weighted by atomic mass is 19.4. The first kappa shape index (κ1) is 22.2. The van der Waals surface area contributed by atoms with Crippen molar-refractivity contribution in [2.24, 2.45) is 0 Å². The molecular formula is C19H27F3N4O2. The number of amides is 2. The van der Waals surface area contributed by atoms with Crippen LogP contribution in [0.5, 0.6) is 0 Å². The summed E-state index contributed by atoms with van der Waals surface area (Å²) in [5.74, 6) is -0.418. The summed E-state index contributed by atoms with van der Waals surface area (Å²) < 4.78 is 38.4. The molecule has 0 bridgehead atoms. The maximum Gasteiger partial charge on any atom is 0.416 e. The maximum absolute atomic E-state index is 12.8. The first-order valence-corrected chi connectivity index (χ1v) is 9.42. The zero-order valence-electron chi connectivity index (χ0n) is 16.0. The second-order valence-corrected chi connectivity index (χ2v) is 6.88. The van der Waals surface area contributed by atoms with Crippen molar-refractivity contribution in [3.05, 3.63) is 35.4 Å². The second-order valence-electron chi connectivity index (χ2n) is 6.88. The molecular weight excluding hydrogens is 373 g/mol. The molecule has 1 aromatic carbocycles. The molecule has 0 radical (unpaired) electrons. The molecule has 0 saturated carbocycles. The molecule has 9 heteroatoms. The summed E-state index contributed by atoms with van der Waals surface area (Å²) in [4.78, 5) is 27.5. The van der Waals surface area contributed by atoms with Gasteiger partial charge < -0.3 is 10.6 Å². The largest absolute Gasteiger partial charge is 0.416 e. The fourth-order valence-corrected chi connectivity index (χ4v) is 2.97. The van der Waals surface area contributed by atoms with Crippen LogP contribution in [0, 0.1) is 0 Å². The van der Waals surface area contributed by atoms with E-state index in [1.807, 2.05) is 11.8 Å². The fraction of sp³-hybridized carbons (Fsp3) is 0.579. The van der Waals surface area contributed by atoms with E-state index < -0.39 is 11.7 Å². The molecule has 2 amide bonds. The van der Waals surface area contributed by atoms with Crippen LogP contribution >= 0.6 is 0 Å². The van der Waals surface area contributed by atoms with Gasteiger partial charge in [-0.3, -0.25) is 19.4 Å². The predicted octanol–water partition coefficient (Wildman–Crippen LogP) is 1.47. The molecule has 0 aromatic heterocycles. The number of hydrogen-bond acceptors (Lipinski definition) is 4. The Hall–Kier alpha value is -2.13. The van der Waals surface area contributed by atoms with Gasteiger partial charge in [-0.25, -0.2) is 0 Å². The normalized spacial score (nSPS) is 16.0. The Morgan fingerprint density at radius 1 is 1.04 bits per heavy atom. The first-order chi connectivity index (χ1) is 13.3. The number of nitrogens with one attached hydrogen (secondary N) is 2. The van der Waals surface area contributed by atoms with Gasteiger partial charge in [0.25, 0.3) is 0 Å². The van der Waals surface area contributed by atoms with Gasteiger partial charge in [0.15, 0.2) is 0 Å². The van der Waals surface area contributed by atoms with E-state index in [2.05, 4.69) is 15.5 Å². The van der Waals surface area contributed by atoms with Crippen LogP contribution in [0.15, 0.2) is 24.3 Å². The predicted molar refractivity (Wildman–Crippen MR) is 99.5 cm³/mol. The number of piperazine rings is 1. The van der Waals surface area contributed by atoms with E-state index in [0.29, 0.717) is 44.8 Å². The van der Waals surface area contributed by atoms with Crippen LogP contribution in [0.25, 0.3) is 0 Å². The molecule has 2 N–H and O–H groups in total. The molecule has 1 heterocycles. The number of alkyl halides is 3. The number of nitrogens with zero attached hydrogens (tertiary/aromatic N) is 2. The molecule has 0 atom stereocenters. The third-order valence-corrected chi connectivity index (χ3v) is 4.51. The lowest BCUT2D eigenvalue weighted by Crippen LogP contribution is -2.49. The molecule has 2 rings (SSSR count). The van der Waals surface area contributed by atoms with E-state index >= 15 is 0 Å². The molecule has 1 fully saturated rings. The first-order valence-electron chi connectivity index (χ1n) is 9.42. The molecule has 6 nitrogen and oxygen atoms in total. The van der Waals surface area contributed by atoms with Crippen LogP contribution in [0.4, 0.5) is 13.2 Å². The molecule has 1 aliphatic heterocycles. The lowest BCUT2D eigenvalue weighted by Gasteiger charge is -2.34. The minimum Gasteiger partial charge on any atom is -0.355 e. The van der Waals surface area contributed by atoms with Crippen molar-refractivity contribution in [3.63, 3.8) is 0 Å². The second kappa shape index (κ2) is 10.4. The van der Waals surface area contributed by atoms with Crippen LogP contribution < -0.4 is 10.6 Å². The summed E-state index contributed by atoms with van der Waals surface area (Å²) in [6.45, 7) is 5.78.